The zero-order valence-corrected chi connectivity index (χ0v) is 10.4. The van der Waals surface area contributed by atoms with E-state index in [-0.39, 0.29) is 12.8 Å². The summed E-state index contributed by atoms with van der Waals surface area (Å²) in [7, 11) is 0. The Morgan fingerprint density at radius 2 is 1.44 bits per heavy atom. The van der Waals surface area contributed by atoms with Gasteiger partial charge < -0.3 is 20.4 Å². The van der Waals surface area contributed by atoms with E-state index >= 15 is 0 Å². The first-order valence-electron chi connectivity index (χ1n) is 5.80. The highest BCUT2D eigenvalue weighted by Gasteiger charge is 1.99. The van der Waals surface area contributed by atoms with E-state index in [4.69, 9.17) is 20.4 Å². The van der Waals surface area contributed by atoms with Gasteiger partial charge in [0.15, 0.2) is 6.29 Å². The molecule has 0 atom stereocenters. The molecule has 0 rings (SSSR count). The molecule has 0 unspecified atom stereocenters. The zero-order valence-electron chi connectivity index (χ0n) is 10.4. The number of hydrogen-bond donors (Lipinski definition) is 4. The third-order valence-corrected chi connectivity index (χ3v) is 1.90. The van der Waals surface area contributed by atoms with Crippen LogP contribution in [0.5, 0.6) is 0 Å². The Morgan fingerprint density at radius 1 is 1.00 bits per heavy atom. The predicted molar refractivity (Wildman–Crippen MR) is 66.0 cm³/mol. The molecule has 0 radical (unpaired) electrons. The maximum atomic E-state index is 9.90. The van der Waals surface area contributed by atoms with Crippen LogP contribution in [0.4, 0.5) is 0 Å². The summed E-state index contributed by atoms with van der Waals surface area (Å²) in [5.41, 5.74) is 0. The van der Waals surface area contributed by atoms with E-state index in [9.17, 15) is 9.59 Å². The number of hydrogen-bond acceptors (Lipinski definition) is 4. The summed E-state index contributed by atoms with van der Waals surface area (Å²) < 4.78 is 0. The quantitative estimate of drug-likeness (QED) is 0.283. The summed E-state index contributed by atoms with van der Waals surface area (Å²) in [6.45, 7) is 3.49. The lowest BCUT2D eigenvalue weighted by Gasteiger charge is -1.98. The lowest BCUT2D eigenvalue weighted by Crippen LogP contribution is -2.02. The molecule has 0 aromatic heterocycles. The Morgan fingerprint density at radius 3 is 1.72 bits per heavy atom. The average Bonchev–Trinajstić information content (AvgIpc) is 2.25. The maximum Gasteiger partial charge on any atom is 0.303 e. The van der Waals surface area contributed by atoms with Crippen LogP contribution in [-0.2, 0) is 9.59 Å². The van der Waals surface area contributed by atoms with Crippen molar-refractivity contribution in [1.29, 1.82) is 0 Å². The van der Waals surface area contributed by atoms with E-state index in [2.05, 4.69) is 6.58 Å². The van der Waals surface area contributed by atoms with Crippen molar-refractivity contribution in [3.63, 3.8) is 0 Å². The summed E-state index contributed by atoms with van der Waals surface area (Å²) in [5, 5.41) is 32.9. The molecular formula is C12H22O6. The molecule has 0 aromatic carbocycles. The molecule has 0 spiro atoms. The molecule has 0 aliphatic heterocycles. The van der Waals surface area contributed by atoms with Crippen LogP contribution in [0, 0.1) is 0 Å². The van der Waals surface area contributed by atoms with Crippen molar-refractivity contribution < 1.29 is 30.0 Å². The molecule has 0 bridgehead atoms. The second-order valence-corrected chi connectivity index (χ2v) is 3.69. The van der Waals surface area contributed by atoms with Crippen LogP contribution in [0.1, 0.15) is 44.9 Å². The van der Waals surface area contributed by atoms with Gasteiger partial charge in [-0.15, -0.1) is 6.58 Å². The van der Waals surface area contributed by atoms with Crippen molar-refractivity contribution in [2.24, 2.45) is 0 Å². The van der Waals surface area contributed by atoms with Gasteiger partial charge >= 0.3 is 11.9 Å². The Balaban J connectivity index is 0. The standard InChI is InChI=1S/C6H10O4.C6H12O2/c7-5(8)3-1-2-4-6(9)10;1-2-3-4-5-6(7)8/h1-4H2,(H,7,8)(H,9,10);2,6-8H,1,3-5H2. The van der Waals surface area contributed by atoms with Crippen molar-refractivity contribution in [2.75, 3.05) is 0 Å². The van der Waals surface area contributed by atoms with Gasteiger partial charge in [-0.1, -0.05) is 6.08 Å². The minimum atomic E-state index is -1.14. The maximum absolute atomic E-state index is 9.90. The van der Waals surface area contributed by atoms with E-state index in [0.29, 0.717) is 19.3 Å². The molecule has 4 N–H and O–H groups in total. The van der Waals surface area contributed by atoms with E-state index in [1.807, 2.05) is 0 Å². The smallest absolute Gasteiger partial charge is 0.303 e. The fourth-order valence-corrected chi connectivity index (χ4v) is 0.997. The van der Waals surface area contributed by atoms with E-state index in [1.165, 1.54) is 0 Å². The Labute approximate surface area is 107 Å². The number of carboxylic acids is 2. The lowest BCUT2D eigenvalue weighted by molar-refractivity contribution is -0.139. The molecule has 0 amide bonds. The highest BCUT2D eigenvalue weighted by atomic mass is 16.5. The van der Waals surface area contributed by atoms with Crippen molar-refractivity contribution >= 4 is 11.9 Å². The second kappa shape index (κ2) is 13.7. The summed E-state index contributed by atoms with van der Waals surface area (Å²) in [4.78, 5) is 19.8. The van der Waals surface area contributed by atoms with Crippen LogP contribution in [-0.4, -0.2) is 38.7 Å². The monoisotopic (exact) mass is 262 g/mol. The van der Waals surface area contributed by atoms with Crippen molar-refractivity contribution in [3.8, 4) is 0 Å². The zero-order chi connectivity index (χ0) is 14.4. The topological polar surface area (TPSA) is 115 Å². The summed E-state index contributed by atoms with van der Waals surface area (Å²) in [6, 6.07) is 0. The molecule has 0 saturated heterocycles. The first-order chi connectivity index (χ1) is 8.40. The van der Waals surface area contributed by atoms with Gasteiger partial charge in [0.25, 0.3) is 0 Å². The number of allylic oxidation sites excluding steroid dienone is 1. The molecule has 6 heteroatoms. The van der Waals surface area contributed by atoms with Crippen LogP contribution in [0.3, 0.4) is 0 Å². The fraction of sp³-hybridized carbons (Fsp3) is 0.667. The summed E-state index contributed by atoms with van der Waals surface area (Å²) in [5.74, 6) is -1.74. The molecule has 106 valence electrons. The van der Waals surface area contributed by atoms with Gasteiger partial charge in [0.1, 0.15) is 0 Å². The molecule has 0 saturated carbocycles. The Hall–Kier alpha value is -1.40. The first kappa shape index (κ1) is 19.0. The molecule has 0 aliphatic rings. The molecular weight excluding hydrogens is 240 g/mol. The minimum absolute atomic E-state index is 0.0628. The molecule has 0 aromatic rings. The first-order valence-corrected chi connectivity index (χ1v) is 5.80. The number of carbonyl (C=O) groups is 2. The Bertz CT molecular complexity index is 221. The van der Waals surface area contributed by atoms with Gasteiger partial charge in [-0.05, 0) is 32.1 Å². The predicted octanol–water partition coefficient (Wildman–Crippen LogP) is 1.37. The van der Waals surface area contributed by atoms with Crippen LogP contribution in [0.2, 0.25) is 0 Å². The highest BCUT2D eigenvalue weighted by Crippen LogP contribution is 1.98. The van der Waals surface area contributed by atoms with E-state index in [0.717, 1.165) is 12.8 Å². The number of aliphatic hydroxyl groups excluding tert-OH is 1. The Kier molecular flexibility index (Phi) is 14.4. The fourth-order valence-electron chi connectivity index (χ4n) is 0.997. The summed E-state index contributed by atoms with van der Waals surface area (Å²) >= 11 is 0. The SMILES string of the molecule is C=CCCCC(O)O.O=C(O)CCCCC(=O)O. The highest BCUT2D eigenvalue weighted by molar-refractivity contribution is 5.67. The van der Waals surface area contributed by atoms with Crippen LogP contribution < -0.4 is 0 Å². The van der Waals surface area contributed by atoms with Gasteiger partial charge in [0.2, 0.25) is 0 Å². The van der Waals surface area contributed by atoms with Crippen LogP contribution in [0.15, 0.2) is 12.7 Å². The van der Waals surface area contributed by atoms with Gasteiger partial charge in [-0.25, -0.2) is 0 Å². The molecule has 6 nitrogen and oxygen atoms in total. The largest absolute Gasteiger partial charge is 0.481 e. The van der Waals surface area contributed by atoms with E-state index in [1.54, 1.807) is 6.08 Å². The number of rotatable bonds is 9. The average molecular weight is 262 g/mol. The van der Waals surface area contributed by atoms with Gasteiger partial charge in [0.05, 0.1) is 0 Å². The van der Waals surface area contributed by atoms with Crippen LogP contribution >= 0.6 is 0 Å². The van der Waals surface area contributed by atoms with Crippen molar-refractivity contribution in [3.05, 3.63) is 12.7 Å². The molecule has 0 aliphatic carbocycles. The molecule has 0 fully saturated rings. The number of aliphatic carboxylic acids is 2. The molecule has 18 heavy (non-hydrogen) atoms. The van der Waals surface area contributed by atoms with E-state index < -0.39 is 18.2 Å². The van der Waals surface area contributed by atoms with Crippen molar-refractivity contribution in [1.82, 2.24) is 0 Å². The van der Waals surface area contributed by atoms with Gasteiger partial charge in [-0.3, -0.25) is 9.59 Å². The van der Waals surface area contributed by atoms with Gasteiger partial charge in [0, 0.05) is 12.8 Å². The number of aliphatic hydroxyl groups is 2. The van der Waals surface area contributed by atoms with Gasteiger partial charge in [-0.2, -0.15) is 0 Å². The summed E-state index contributed by atoms with van der Waals surface area (Å²) in [6.07, 6.45) is 3.76. The van der Waals surface area contributed by atoms with Crippen LogP contribution in [0.25, 0.3) is 0 Å². The van der Waals surface area contributed by atoms with Crippen molar-refractivity contribution in [2.45, 2.75) is 51.2 Å². The minimum Gasteiger partial charge on any atom is -0.481 e. The number of unbranched alkanes of at least 4 members (excludes halogenated alkanes) is 2. The second-order valence-electron chi connectivity index (χ2n) is 3.69. The third kappa shape index (κ3) is 24.0. The normalized spacial score (nSPS) is 9.50. The molecule has 0 heterocycles. The lowest BCUT2D eigenvalue weighted by atomic mass is 10.2. The number of carboxylic acid groups (broad SMARTS) is 2. The third-order valence-electron chi connectivity index (χ3n) is 1.90.